The minimum atomic E-state index is -1.44. The molecule has 1 unspecified atom stereocenters. The van der Waals surface area contributed by atoms with E-state index in [-0.39, 0.29) is 7.39 Å². The summed E-state index contributed by atoms with van der Waals surface area (Å²) in [5.74, 6) is 0. The van der Waals surface area contributed by atoms with Crippen LogP contribution in [0.5, 0.6) is 0 Å². The second-order valence-electron chi connectivity index (χ2n) is 8.29. The molecule has 3 heteroatoms. The van der Waals surface area contributed by atoms with E-state index >= 15 is 0 Å². The molecule has 0 radical (unpaired) electrons. The molecule has 1 nitrogen and oxygen atoms in total. The molecule has 0 saturated heterocycles. The van der Waals surface area contributed by atoms with E-state index in [0.717, 1.165) is 6.04 Å². The molecule has 3 rings (SSSR count). The van der Waals surface area contributed by atoms with Crippen LogP contribution in [0.15, 0.2) is 53.1 Å². The number of hydrogen-bond donors (Lipinski definition) is 0. The third kappa shape index (κ3) is 3.98. The van der Waals surface area contributed by atoms with Crippen molar-refractivity contribution in [2.45, 2.75) is 69.6 Å². The Bertz CT molecular complexity index is 660. The summed E-state index contributed by atoms with van der Waals surface area (Å²) in [5, 5.41) is 1.67. The third-order valence-electron chi connectivity index (χ3n) is 6.80. The molecule has 2 aliphatic carbocycles. The number of rotatable bonds is 5. The molecule has 0 N–H and O–H groups in total. The molecule has 0 spiro atoms. The van der Waals surface area contributed by atoms with E-state index in [0.29, 0.717) is 3.72 Å². The Morgan fingerprint density at radius 2 is 1.68 bits per heavy atom. The van der Waals surface area contributed by atoms with E-state index < -0.39 is 17.4 Å². The van der Waals surface area contributed by atoms with Gasteiger partial charge in [-0.1, -0.05) is 0 Å². The average Bonchev–Trinajstić information content (AvgIpc) is 2.84. The van der Waals surface area contributed by atoms with Crippen LogP contribution < -0.4 is 5.19 Å². The average molecular weight is 388 g/mol. The molecule has 0 amide bonds. The Labute approximate surface area is 162 Å². The first-order chi connectivity index (χ1) is 11.9. The summed E-state index contributed by atoms with van der Waals surface area (Å²) in [6.45, 7) is 9.66. The number of hydrogen-bond acceptors (Lipinski definition) is 1. The first-order valence-electron chi connectivity index (χ1n) is 9.94. The zero-order valence-electron chi connectivity index (χ0n) is 16.7. The summed E-state index contributed by atoms with van der Waals surface area (Å²) in [6.07, 6.45) is 9.83. The molecule has 1 fully saturated rings. The molecule has 135 valence electrons. The fourth-order valence-electron chi connectivity index (χ4n) is 4.79. The molecule has 1 aromatic carbocycles. The van der Waals surface area contributed by atoms with Gasteiger partial charge in [0.15, 0.2) is 0 Å². The van der Waals surface area contributed by atoms with Crippen LogP contribution in [0.25, 0.3) is 0 Å². The van der Waals surface area contributed by atoms with Crippen LogP contribution >= 0.6 is 0 Å². The predicted molar refractivity (Wildman–Crippen MR) is 110 cm³/mol. The minimum absolute atomic E-state index is 0.239. The van der Waals surface area contributed by atoms with E-state index in [1.807, 2.05) is 0 Å². The molecule has 25 heavy (non-hydrogen) atoms. The molecular weight excluding hydrogens is 354 g/mol. The standard InChI is InChI=1S/C9H13.C7H14N.C6H7Si.Ti/c1-6-5-7(2)9(4)8(6)3;1-8-7-5-3-2-4-6-7;7-6-4-2-1-3-5-6;/h5H,1-4H3;7H,2-6H2,1H3;1-5H,7H2;/q;-1;;+1. The van der Waals surface area contributed by atoms with Crippen LogP contribution in [-0.2, 0) is 17.4 Å². The second kappa shape index (κ2) is 8.08. The Hall–Kier alpha value is -0.409. The van der Waals surface area contributed by atoms with Gasteiger partial charge in [-0.3, -0.25) is 0 Å². The van der Waals surface area contributed by atoms with Crippen LogP contribution in [0.2, 0.25) is 3.72 Å². The van der Waals surface area contributed by atoms with Gasteiger partial charge in [0.2, 0.25) is 0 Å². The fraction of sp³-hybridized carbons (Fsp3) is 0.545. The molecule has 0 heterocycles. The first kappa shape index (κ1) is 19.4. The van der Waals surface area contributed by atoms with Crippen LogP contribution in [0, 0.1) is 0 Å². The number of benzene rings is 1. The van der Waals surface area contributed by atoms with Gasteiger partial charge >= 0.3 is 163 Å². The van der Waals surface area contributed by atoms with Crippen LogP contribution in [0.4, 0.5) is 0 Å². The van der Waals surface area contributed by atoms with Gasteiger partial charge in [-0.25, -0.2) is 0 Å². The SMILES string of the molecule is CC1=C[C](C)([Ti]([SiH2]c2ccccc2)[N](C)C2CCCCC2)C(C)=C1C. The van der Waals surface area contributed by atoms with Crippen molar-refractivity contribution >= 4 is 12.6 Å². The topological polar surface area (TPSA) is 3.24 Å². The monoisotopic (exact) mass is 388 g/mol. The van der Waals surface area contributed by atoms with Crippen molar-refractivity contribution in [3.05, 3.63) is 53.1 Å². The number of nitrogens with zero attached hydrogens (tertiary/aromatic N) is 1. The quantitative estimate of drug-likeness (QED) is 0.663. The van der Waals surface area contributed by atoms with E-state index in [1.54, 1.807) is 16.3 Å². The van der Waals surface area contributed by atoms with Crippen molar-refractivity contribution in [1.82, 2.24) is 3.38 Å². The molecule has 2 aliphatic rings. The van der Waals surface area contributed by atoms with Gasteiger partial charge in [0, 0.05) is 0 Å². The van der Waals surface area contributed by atoms with Gasteiger partial charge in [-0.15, -0.1) is 0 Å². The van der Waals surface area contributed by atoms with Crippen LogP contribution in [-0.4, -0.2) is 23.9 Å². The molecule has 1 atom stereocenters. The van der Waals surface area contributed by atoms with Gasteiger partial charge in [0.1, 0.15) is 0 Å². The third-order valence-corrected chi connectivity index (χ3v) is 21.2. The number of allylic oxidation sites excluding steroid dienone is 4. The van der Waals surface area contributed by atoms with Crippen LogP contribution in [0.3, 0.4) is 0 Å². The molecule has 0 aliphatic heterocycles. The van der Waals surface area contributed by atoms with Crippen molar-refractivity contribution in [2.75, 3.05) is 7.05 Å². The summed E-state index contributed by atoms with van der Waals surface area (Å²) in [4.78, 5) is 0. The van der Waals surface area contributed by atoms with Crippen molar-refractivity contribution < 1.29 is 17.4 Å². The zero-order chi connectivity index (χ0) is 18.0. The molecule has 1 aromatic rings. The molecular formula is C22H34NSiTi. The summed E-state index contributed by atoms with van der Waals surface area (Å²) >= 11 is -1.44. The Kier molecular flexibility index (Phi) is 6.26. The molecule has 0 aromatic heterocycles. The normalized spacial score (nSPS) is 25.3. The predicted octanol–water partition coefficient (Wildman–Crippen LogP) is 4.67. The van der Waals surface area contributed by atoms with Gasteiger partial charge in [0.25, 0.3) is 0 Å². The van der Waals surface area contributed by atoms with E-state index in [4.69, 9.17) is 0 Å². The van der Waals surface area contributed by atoms with Gasteiger partial charge < -0.3 is 0 Å². The Balaban J connectivity index is 1.94. The van der Waals surface area contributed by atoms with Gasteiger partial charge in [-0.2, -0.15) is 0 Å². The van der Waals surface area contributed by atoms with Crippen LogP contribution in [0.1, 0.15) is 59.8 Å². The molecule has 0 bridgehead atoms. The van der Waals surface area contributed by atoms with Crippen molar-refractivity contribution in [3.8, 4) is 0 Å². The first-order valence-corrected chi connectivity index (χ1v) is 16.1. The second-order valence-corrected chi connectivity index (χ2v) is 18.0. The van der Waals surface area contributed by atoms with Gasteiger partial charge in [-0.05, 0) is 0 Å². The zero-order valence-corrected chi connectivity index (χ0v) is 19.7. The van der Waals surface area contributed by atoms with E-state index in [1.165, 1.54) is 37.7 Å². The van der Waals surface area contributed by atoms with Crippen molar-refractivity contribution in [3.63, 3.8) is 0 Å². The maximum atomic E-state index is 2.96. The Morgan fingerprint density at radius 3 is 2.24 bits per heavy atom. The van der Waals surface area contributed by atoms with E-state index in [9.17, 15) is 0 Å². The Morgan fingerprint density at radius 1 is 1.04 bits per heavy atom. The summed E-state index contributed by atoms with van der Waals surface area (Å²) in [6, 6.07) is 12.3. The summed E-state index contributed by atoms with van der Waals surface area (Å²) in [7, 11) is 2.26. The van der Waals surface area contributed by atoms with Crippen molar-refractivity contribution in [2.24, 2.45) is 0 Å². The van der Waals surface area contributed by atoms with E-state index in [2.05, 4.69) is 74.5 Å². The summed E-state index contributed by atoms with van der Waals surface area (Å²) in [5.41, 5.74) is 4.77. The summed E-state index contributed by atoms with van der Waals surface area (Å²) < 4.78 is 3.33. The van der Waals surface area contributed by atoms with Crippen molar-refractivity contribution in [1.29, 1.82) is 0 Å². The maximum absolute atomic E-state index is 2.96. The fourth-order valence-corrected chi connectivity index (χ4v) is 18.5. The molecule has 1 saturated carbocycles. The van der Waals surface area contributed by atoms with Gasteiger partial charge in [0.05, 0.1) is 0 Å².